The van der Waals surface area contributed by atoms with Crippen molar-refractivity contribution in [2.45, 2.75) is 32.4 Å². The number of carbonyl (C=O) groups excluding carboxylic acids is 1. The van der Waals surface area contributed by atoms with Gasteiger partial charge in [-0.05, 0) is 37.0 Å². The van der Waals surface area contributed by atoms with E-state index in [2.05, 4.69) is 44.0 Å². The van der Waals surface area contributed by atoms with Crippen LogP contribution in [0, 0.1) is 0 Å². The lowest BCUT2D eigenvalue weighted by Crippen LogP contribution is -2.32. The van der Waals surface area contributed by atoms with E-state index in [4.69, 9.17) is 0 Å². The summed E-state index contributed by atoms with van der Waals surface area (Å²) in [6, 6.07) is 22.4. The predicted molar refractivity (Wildman–Crippen MR) is 129 cm³/mol. The molecule has 3 heterocycles. The Morgan fingerprint density at radius 1 is 0.906 bits per heavy atom. The Morgan fingerprint density at radius 2 is 1.69 bits per heavy atom. The number of amides is 1. The van der Waals surface area contributed by atoms with E-state index in [0.717, 1.165) is 41.9 Å². The fourth-order valence-corrected chi connectivity index (χ4v) is 4.57. The van der Waals surface area contributed by atoms with Gasteiger partial charge in [-0.1, -0.05) is 54.6 Å². The molecule has 0 atom stereocenters. The van der Waals surface area contributed by atoms with E-state index in [1.165, 1.54) is 24.8 Å². The van der Waals surface area contributed by atoms with Crippen LogP contribution in [0.2, 0.25) is 0 Å². The van der Waals surface area contributed by atoms with Gasteiger partial charge in [0.1, 0.15) is 5.82 Å². The first kappa shape index (κ1) is 20.3. The molecule has 0 bridgehead atoms. The van der Waals surface area contributed by atoms with Gasteiger partial charge in [-0.3, -0.25) is 4.79 Å². The van der Waals surface area contributed by atoms with Crippen molar-refractivity contribution in [3.8, 4) is 0 Å². The Balaban J connectivity index is 1.37. The van der Waals surface area contributed by atoms with Gasteiger partial charge in [0.15, 0.2) is 0 Å². The lowest BCUT2D eigenvalue weighted by Gasteiger charge is -2.29. The Labute approximate surface area is 188 Å². The summed E-state index contributed by atoms with van der Waals surface area (Å²) in [5, 5.41) is 4.12. The molecule has 2 aromatic carbocycles. The summed E-state index contributed by atoms with van der Waals surface area (Å²) < 4.78 is 2.16. The van der Waals surface area contributed by atoms with Crippen LogP contribution >= 0.6 is 0 Å². The number of hydrogen-bond donors (Lipinski definition) is 1. The van der Waals surface area contributed by atoms with Gasteiger partial charge in [-0.2, -0.15) is 0 Å². The van der Waals surface area contributed by atoms with Crippen LogP contribution in [-0.2, 0) is 13.1 Å². The van der Waals surface area contributed by atoms with Crippen molar-refractivity contribution in [2.24, 2.45) is 0 Å². The van der Waals surface area contributed by atoms with Crippen LogP contribution in [0.1, 0.15) is 40.7 Å². The van der Waals surface area contributed by atoms with Crippen LogP contribution in [0.3, 0.4) is 0 Å². The summed E-state index contributed by atoms with van der Waals surface area (Å²) in [4.78, 5) is 20.2. The van der Waals surface area contributed by atoms with Crippen LogP contribution in [0.4, 0.5) is 5.82 Å². The number of rotatable bonds is 6. The fraction of sp³-hybridized carbons (Fsp3) is 0.259. The molecule has 5 nitrogen and oxygen atoms in total. The molecule has 1 N–H and O–H groups in total. The monoisotopic (exact) mass is 424 g/mol. The molecule has 1 aliphatic heterocycles. The number of nitrogens with zero attached hydrogens (tertiary/aromatic N) is 3. The average molecular weight is 425 g/mol. The number of aromatic nitrogens is 2. The Morgan fingerprint density at radius 3 is 2.53 bits per heavy atom. The first-order chi connectivity index (χ1) is 15.8. The van der Waals surface area contributed by atoms with Crippen LogP contribution in [0.25, 0.3) is 10.9 Å². The van der Waals surface area contributed by atoms with E-state index in [0.29, 0.717) is 12.1 Å². The van der Waals surface area contributed by atoms with Crippen LogP contribution in [-0.4, -0.2) is 28.5 Å². The van der Waals surface area contributed by atoms with Gasteiger partial charge in [0, 0.05) is 55.0 Å². The second-order valence-electron chi connectivity index (χ2n) is 8.39. The zero-order chi connectivity index (χ0) is 21.8. The molecular formula is C27H28N4O. The Hall–Kier alpha value is -3.60. The molecule has 0 radical (unpaired) electrons. The second kappa shape index (κ2) is 9.27. The first-order valence-corrected chi connectivity index (χ1v) is 11.4. The predicted octanol–water partition coefficient (Wildman–Crippen LogP) is 5.00. The van der Waals surface area contributed by atoms with Gasteiger partial charge in [0.25, 0.3) is 5.91 Å². The zero-order valence-electron chi connectivity index (χ0n) is 18.2. The fourth-order valence-electron chi connectivity index (χ4n) is 4.57. The number of nitrogens with one attached hydrogen (secondary N) is 1. The highest BCUT2D eigenvalue weighted by molar-refractivity contribution is 6.07. The minimum Gasteiger partial charge on any atom is -0.356 e. The number of carbonyl (C=O) groups is 1. The van der Waals surface area contributed by atoms with Gasteiger partial charge in [0.2, 0.25) is 0 Å². The highest BCUT2D eigenvalue weighted by atomic mass is 16.1. The second-order valence-corrected chi connectivity index (χ2v) is 8.39. The number of hydrogen-bond acceptors (Lipinski definition) is 3. The highest BCUT2D eigenvalue weighted by Crippen LogP contribution is 2.24. The summed E-state index contributed by atoms with van der Waals surface area (Å²) >= 11 is 0. The van der Waals surface area contributed by atoms with E-state index >= 15 is 0 Å². The minimum absolute atomic E-state index is 0.0542. The third-order valence-corrected chi connectivity index (χ3v) is 6.19. The number of benzene rings is 2. The minimum atomic E-state index is -0.0542. The molecule has 5 rings (SSSR count). The number of fused-ring (bicyclic) bond motifs is 1. The van der Waals surface area contributed by atoms with Crippen molar-refractivity contribution in [3.05, 3.63) is 95.8 Å². The molecule has 0 spiro atoms. The van der Waals surface area contributed by atoms with Gasteiger partial charge in [-0.15, -0.1) is 0 Å². The smallest absolute Gasteiger partial charge is 0.253 e. The largest absolute Gasteiger partial charge is 0.356 e. The third kappa shape index (κ3) is 4.24. The van der Waals surface area contributed by atoms with Crippen LogP contribution < -0.4 is 10.2 Å². The number of piperidine rings is 1. The molecule has 1 saturated heterocycles. The van der Waals surface area contributed by atoms with E-state index in [1.807, 2.05) is 54.9 Å². The molecule has 4 aromatic rings. The molecule has 32 heavy (non-hydrogen) atoms. The van der Waals surface area contributed by atoms with Crippen molar-refractivity contribution in [1.82, 2.24) is 14.9 Å². The number of para-hydroxylation sites is 1. The maximum Gasteiger partial charge on any atom is 0.253 e. The summed E-state index contributed by atoms with van der Waals surface area (Å²) in [6.45, 7) is 3.27. The van der Waals surface area contributed by atoms with Gasteiger partial charge >= 0.3 is 0 Å². The molecule has 2 aromatic heterocycles. The molecule has 1 amide bonds. The summed E-state index contributed by atoms with van der Waals surface area (Å²) in [7, 11) is 0. The van der Waals surface area contributed by atoms with Gasteiger partial charge in [-0.25, -0.2) is 4.98 Å². The maximum absolute atomic E-state index is 13.2. The quantitative estimate of drug-likeness (QED) is 0.474. The van der Waals surface area contributed by atoms with Gasteiger partial charge < -0.3 is 14.8 Å². The van der Waals surface area contributed by atoms with Crippen molar-refractivity contribution in [2.75, 3.05) is 18.0 Å². The molecule has 0 aliphatic carbocycles. The molecule has 1 fully saturated rings. The van der Waals surface area contributed by atoms with Crippen molar-refractivity contribution in [1.29, 1.82) is 0 Å². The van der Waals surface area contributed by atoms with Crippen LogP contribution in [0.15, 0.2) is 79.1 Å². The maximum atomic E-state index is 13.2. The Bertz CT molecular complexity index is 1210. The van der Waals surface area contributed by atoms with Gasteiger partial charge in [0.05, 0.1) is 5.56 Å². The summed E-state index contributed by atoms with van der Waals surface area (Å²) in [5.41, 5.74) is 4.05. The normalized spacial score (nSPS) is 13.9. The average Bonchev–Trinajstić information content (AvgIpc) is 3.22. The van der Waals surface area contributed by atoms with E-state index in [-0.39, 0.29) is 5.91 Å². The molecule has 1 aliphatic rings. The lowest BCUT2D eigenvalue weighted by atomic mass is 10.1. The summed E-state index contributed by atoms with van der Waals surface area (Å²) in [6.07, 6.45) is 7.49. The molecule has 5 heteroatoms. The van der Waals surface area contributed by atoms with E-state index < -0.39 is 0 Å². The van der Waals surface area contributed by atoms with Crippen molar-refractivity contribution in [3.63, 3.8) is 0 Å². The SMILES string of the molecule is O=C(NCc1cccnc1N1CCCCC1)c1cn(Cc2ccccc2)c2ccccc12. The first-order valence-electron chi connectivity index (χ1n) is 11.4. The molecule has 162 valence electrons. The van der Waals surface area contributed by atoms with E-state index in [9.17, 15) is 4.79 Å². The molecular weight excluding hydrogens is 396 g/mol. The lowest BCUT2D eigenvalue weighted by molar-refractivity contribution is 0.0952. The number of anilines is 1. The Kier molecular flexibility index (Phi) is 5.88. The third-order valence-electron chi connectivity index (χ3n) is 6.19. The summed E-state index contributed by atoms with van der Waals surface area (Å²) in [5.74, 6) is 0.945. The van der Waals surface area contributed by atoms with Crippen molar-refractivity contribution >= 4 is 22.6 Å². The zero-order valence-corrected chi connectivity index (χ0v) is 18.2. The molecule has 0 saturated carbocycles. The standard InChI is InChI=1S/C27H28N4O/c32-27(29-18-22-12-9-15-28-26(22)30-16-7-2-8-17-30)24-20-31(19-21-10-3-1-4-11-21)25-14-6-5-13-23(24)25/h1,3-6,9-15,20H,2,7-8,16-19H2,(H,29,32). The molecule has 0 unspecified atom stereocenters. The van der Waals surface area contributed by atoms with Crippen molar-refractivity contribution < 1.29 is 4.79 Å². The highest BCUT2D eigenvalue weighted by Gasteiger charge is 2.18. The van der Waals surface area contributed by atoms with E-state index in [1.54, 1.807) is 0 Å². The van der Waals surface area contributed by atoms with Crippen LogP contribution in [0.5, 0.6) is 0 Å². The topological polar surface area (TPSA) is 50.2 Å². The number of pyridine rings is 1.